The number of nitrogens with zero attached hydrogens (tertiary/aromatic N) is 2. The first-order valence-electron chi connectivity index (χ1n) is 13.4. The molecule has 0 fully saturated rings. The lowest BCUT2D eigenvalue weighted by molar-refractivity contribution is 0.885. The van der Waals surface area contributed by atoms with Gasteiger partial charge < -0.3 is 0 Å². The van der Waals surface area contributed by atoms with Crippen LogP contribution in [0.15, 0.2) is 103 Å². The molecule has 3 aromatic heterocycles. The second-order valence-electron chi connectivity index (χ2n) is 10.3. The predicted molar refractivity (Wildman–Crippen MR) is 170 cm³/mol. The summed E-state index contributed by atoms with van der Waals surface area (Å²) in [5.74, 6) is 0. The van der Waals surface area contributed by atoms with Crippen molar-refractivity contribution >= 4 is 80.8 Å². The molecule has 0 N–H and O–H groups in total. The van der Waals surface area contributed by atoms with E-state index in [1.807, 2.05) is 22.7 Å². The summed E-state index contributed by atoms with van der Waals surface area (Å²) < 4.78 is 6.39. The number of fused-ring (bicyclic) bond motifs is 10. The van der Waals surface area contributed by atoms with Gasteiger partial charge in [0.15, 0.2) is 5.13 Å². The van der Waals surface area contributed by atoms with Crippen LogP contribution in [0.25, 0.3) is 74.4 Å². The zero-order chi connectivity index (χ0) is 25.5. The summed E-state index contributed by atoms with van der Waals surface area (Å²) in [6.07, 6.45) is 6.73. The van der Waals surface area contributed by atoms with Crippen LogP contribution in [0.4, 0.5) is 0 Å². The van der Waals surface area contributed by atoms with Crippen molar-refractivity contribution in [3.8, 4) is 16.3 Å². The molecule has 8 aromatic rings. The van der Waals surface area contributed by atoms with Gasteiger partial charge in [0.25, 0.3) is 0 Å². The average Bonchev–Trinajstić information content (AvgIpc) is 3.68. The standard InChI is InChI=1S/C35H22N2S2/c1-2-10-21(11-3-1)26-20-30-32(25-15-7-9-17-29(25)38-30)34-33(26)36-35(39-34)37-27-16-8-6-14-24(27)31-23-13-5-4-12-22(23)18-19-28(31)37/h1-7,9-15,17-20H,8,16H2. The van der Waals surface area contributed by atoms with E-state index in [9.17, 15) is 0 Å². The summed E-state index contributed by atoms with van der Waals surface area (Å²) in [5.41, 5.74) is 7.49. The van der Waals surface area contributed by atoms with Gasteiger partial charge in [-0.25, -0.2) is 4.98 Å². The predicted octanol–water partition coefficient (Wildman–Crippen LogP) is 10.4. The minimum Gasteiger partial charge on any atom is -0.289 e. The Bertz CT molecular complexity index is 2280. The molecule has 0 saturated carbocycles. The number of thiazole rings is 1. The van der Waals surface area contributed by atoms with E-state index in [1.54, 1.807) is 0 Å². The third-order valence-corrected chi connectivity index (χ3v) is 10.3. The number of rotatable bonds is 2. The topological polar surface area (TPSA) is 17.8 Å². The summed E-state index contributed by atoms with van der Waals surface area (Å²) in [4.78, 5) is 5.47. The Morgan fingerprint density at radius 3 is 2.46 bits per heavy atom. The van der Waals surface area contributed by atoms with Crippen LogP contribution in [0.5, 0.6) is 0 Å². The highest BCUT2D eigenvalue weighted by Crippen LogP contribution is 2.46. The number of thiophene rings is 1. The molecule has 1 aliphatic carbocycles. The zero-order valence-corrected chi connectivity index (χ0v) is 22.7. The van der Waals surface area contributed by atoms with Crippen molar-refractivity contribution in [1.29, 1.82) is 0 Å². The molecule has 5 aromatic carbocycles. The van der Waals surface area contributed by atoms with E-state index in [2.05, 4.69) is 114 Å². The number of aromatic nitrogens is 2. The summed E-state index contributed by atoms with van der Waals surface area (Å²) in [6.45, 7) is 0. The number of hydrogen-bond acceptors (Lipinski definition) is 3. The average molecular weight is 535 g/mol. The van der Waals surface area contributed by atoms with E-state index >= 15 is 0 Å². The van der Waals surface area contributed by atoms with Crippen LogP contribution in [0.3, 0.4) is 0 Å². The Morgan fingerprint density at radius 2 is 1.54 bits per heavy atom. The maximum atomic E-state index is 5.47. The molecule has 0 saturated heterocycles. The van der Waals surface area contributed by atoms with E-state index in [4.69, 9.17) is 4.98 Å². The van der Waals surface area contributed by atoms with Crippen LogP contribution < -0.4 is 0 Å². The van der Waals surface area contributed by atoms with Crippen LogP contribution >= 0.6 is 22.7 Å². The van der Waals surface area contributed by atoms with Gasteiger partial charge in [0, 0.05) is 42.4 Å². The summed E-state index contributed by atoms with van der Waals surface area (Å²) in [6, 6.07) is 35.2. The second kappa shape index (κ2) is 8.12. The maximum absolute atomic E-state index is 5.47. The van der Waals surface area contributed by atoms with Gasteiger partial charge in [0.1, 0.15) is 0 Å². The molecule has 4 heteroatoms. The smallest absolute Gasteiger partial charge is 0.195 e. The van der Waals surface area contributed by atoms with Gasteiger partial charge >= 0.3 is 0 Å². The normalized spacial score (nSPS) is 13.3. The SMILES string of the molecule is C1=Cc2c(n(-c3nc4c(-c5ccccc5)cc5sc6ccccc6c5c4s3)c3ccc4ccccc4c23)CC1. The molecule has 3 heterocycles. The van der Waals surface area contributed by atoms with Gasteiger partial charge in [0.2, 0.25) is 0 Å². The van der Waals surface area contributed by atoms with Crippen molar-refractivity contribution in [3.05, 3.63) is 114 Å². The molecular weight excluding hydrogens is 513 g/mol. The molecule has 0 atom stereocenters. The maximum Gasteiger partial charge on any atom is 0.195 e. The van der Waals surface area contributed by atoms with Gasteiger partial charge in [0.05, 0.1) is 15.7 Å². The summed E-state index contributed by atoms with van der Waals surface area (Å²) in [5, 5.41) is 7.66. The Morgan fingerprint density at radius 1 is 0.718 bits per heavy atom. The van der Waals surface area contributed by atoms with Crippen LogP contribution in [0, 0.1) is 0 Å². The molecule has 0 unspecified atom stereocenters. The first-order chi connectivity index (χ1) is 19.3. The quantitative estimate of drug-likeness (QED) is 0.216. The Kier molecular flexibility index (Phi) is 4.51. The fourth-order valence-corrected chi connectivity index (χ4v) is 8.81. The van der Waals surface area contributed by atoms with E-state index in [1.165, 1.54) is 68.9 Å². The van der Waals surface area contributed by atoms with E-state index in [0.29, 0.717) is 0 Å². The van der Waals surface area contributed by atoms with Crippen molar-refractivity contribution in [2.24, 2.45) is 0 Å². The molecule has 0 aliphatic heterocycles. The molecule has 39 heavy (non-hydrogen) atoms. The van der Waals surface area contributed by atoms with Crippen LogP contribution in [-0.4, -0.2) is 9.55 Å². The van der Waals surface area contributed by atoms with Gasteiger partial charge in [-0.1, -0.05) is 102 Å². The molecule has 2 nitrogen and oxygen atoms in total. The van der Waals surface area contributed by atoms with Crippen LogP contribution in [0.2, 0.25) is 0 Å². The minimum atomic E-state index is 1.02. The van der Waals surface area contributed by atoms with Crippen molar-refractivity contribution in [2.45, 2.75) is 12.8 Å². The van der Waals surface area contributed by atoms with Gasteiger partial charge in [-0.2, -0.15) is 0 Å². The lowest BCUT2D eigenvalue weighted by Gasteiger charge is -2.10. The third-order valence-electron chi connectivity index (χ3n) is 8.10. The molecule has 1 aliphatic rings. The lowest BCUT2D eigenvalue weighted by atomic mass is 9.98. The zero-order valence-electron chi connectivity index (χ0n) is 21.0. The lowest BCUT2D eigenvalue weighted by Crippen LogP contribution is -2.02. The van der Waals surface area contributed by atoms with Crippen molar-refractivity contribution in [2.75, 3.05) is 0 Å². The Hall–Kier alpha value is -4.25. The fraction of sp³-hybridized carbons (Fsp3) is 0.0571. The molecular formula is C35H22N2S2. The number of hydrogen-bond donors (Lipinski definition) is 0. The summed E-state index contributed by atoms with van der Waals surface area (Å²) >= 11 is 3.72. The highest BCUT2D eigenvalue weighted by atomic mass is 32.1. The molecule has 0 amide bonds. The van der Waals surface area contributed by atoms with Crippen LogP contribution in [0.1, 0.15) is 17.7 Å². The number of benzene rings is 5. The van der Waals surface area contributed by atoms with Gasteiger partial charge in [-0.15, -0.1) is 11.3 Å². The molecule has 184 valence electrons. The Labute approximate surface area is 233 Å². The van der Waals surface area contributed by atoms with Crippen molar-refractivity contribution in [1.82, 2.24) is 9.55 Å². The largest absolute Gasteiger partial charge is 0.289 e. The Balaban J connectivity index is 1.43. The minimum absolute atomic E-state index is 1.02. The van der Waals surface area contributed by atoms with E-state index in [0.717, 1.165) is 23.5 Å². The first kappa shape index (κ1) is 21.7. The van der Waals surface area contributed by atoms with Crippen molar-refractivity contribution in [3.63, 3.8) is 0 Å². The van der Waals surface area contributed by atoms with E-state index < -0.39 is 0 Å². The highest BCUT2D eigenvalue weighted by Gasteiger charge is 2.24. The second-order valence-corrected chi connectivity index (χ2v) is 12.3. The molecule has 0 bridgehead atoms. The van der Waals surface area contributed by atoms with Crippen LogP contribution in [-0.2, 0) is 6.42 Å². The molecule has 0 radical (unpaired) electrons. The van der Waals surface area contributed by atoms with E-state index in [-0.39, 0.29) is 0 Å². The van der Waals surface area contributed by atoms with Gasteiger partial charge in [-0.3, -0.25) is 4.57 Å². The van der Waals surface area contributed by atoms with Crippen molar-refractivity contribution < 1.29 is 0 Å². The monoisotopic (exact) mass is 534 g/mol. The third kappa shape index (κ3) is 3.04. The summed E-state index contributed by atoms with van der Waals surface area (Å²) in [7, 11) is 0. The molecule has 9 rings (SSSR count). The number of allylic oxidation sites excluding steroid dienone is 1. The van der Waals surface area contributed by atoms with Gasteiger partial charge in [-0.05, 0) is 47.4 Å². The first-order valence-corrected chi connectivity index (χ1v) is 15.0. The fourth-order valence-electron chi connectivity index (χ4n) is 6.40. The highest BCUT2D eigenvalue weighted by molar-refractivity contribution is 7.28. The molecule has 0 spiro atoms.